The Bertz CT molecular complexity index is 557. The van der Waals surface area contributed by atoms with Crippen molar-refractivity contribution < 1.29 is 23.9 Å². The van der Waals surface area contributed by atoms with Crippen LogP contribution in [0.4, 0.5) is 0 Å². The van der Waals surface area contributed by atoms with Crippen LogP contribution < -0.4 is 10.1 Å². The number of esters is 1. The van der Waals surface area contributed by atoms with Gasteiger partial charge in [-0.2, -0.15) is 0 Å². The molecule has 0 radical (unpaired) electrons. The lowest BCUT2D eigenvalue weighted by Gasteiger charge is -2.16. The zero-order valence-corrected chi connectivity index (χ0v) is 14.3. The summed E-state index contributed by atoms with van der Waals surface area (Å²) in [5.74, 6) is -0.489. The molecule has 2 amide bonds. The lowest BCUT2D eigenvalue weighted by atomic mass is 10.2. The minimum absolute atomic E-state index is 0.0266. The van der Waals surface area contributed by atoms with Crippen molar-refractivity contribution in [2.45, 2.75) is 19.8 Å². The van der Waals surface area contributed by atoms with Crippen molar-refractivity contribution in [1.82, 2.24) is 10.2 Å². The molecule has 7 nitrogen and oxygen atoms in total. The Morgan fingerprint density at radius 2 is 1.83 bits per heavy atom. The molecule has 0 saturated heterocycles. The largest absolute Gasteiger partial charge is 0.484 e. The molecule has 0 atom stereocenters. The third-order valence-corrected chi connectivity index (χ3v) is 3.27. The summed E-state index contributed by atoms with van der Waals surface area (Å²) in [6.07, 6.45) is 1.79. The van der Waals surface area contributed by atoms with Crippen LogP contribution in [0.15, 0.2) is 24.3 Å². The topological polar surface area (TPSA) is 84.9 Å². The van der Waals surface area contributed by atoms with E-state index in [1.54, 1.807) is 24.3 Å². The van der Waals surface area contributed by atoms with Gasteiger partial charge in [0.1, 0.15) is 5.75 Å². The second-order valence-electron chi connectivity index (χ2n) is 5.23. The maximum atomic E-state index is 11.8. The Labute approximate surface area is 141 Å². The number of likely N-dealkylation sites (N-methyl/N-ethyl adjacent to an activating group) is 2. The van der Waals surface area contributed by atoms with Crippen LogP contribution in [0, 0.1) is 0 Å². The van der Waals surface area contributed by atoms with Gasteiger partial charge < -0.3 is 19.7 Å². The second kappa shape index (κ2) is 10.3. The van der Waals surface area contributed by atoms with Gasteiger partial charge >= 0.3 is 5.97 Å². The minimum Gasteiger partial charge on any atom is -0.484 e. The molecule has 1 N–H and O–H groups in total. The van der Waals surface area contributed by atoms with Crippen LogP contribution in [-0.2, 0) is 14.3 Å². The van der Waals surface area contributed by atoms with Gasteiger partial charge in [0.25, 0.3) is 5.91 Å². The number of hydrogen-bond acceptors (Lipinski definition) is 5. The summed E-state index contributed by atoms with van der Waals surface area (Å²) in [6, 6.07) is 6.37. The summed E-state index contributed by atoms with van der Waals surface area (Å²) in [7, 11) is 3.03. The minimum atomic E-state index is -0.378. The number of ether oxygens (including phenoxy) is 2. The number of benzene rings is 1. The summed E-state index contributed by atoms with van der Waals surface area (Å²) in [5.41, 5.74) is 0.432. The van der Waals surface area contributed by atoms with Gasteiger partial charge in [-0.05, 0) is 30.7 Å². The third kappa shape index (κ3) is 6.68. The van der Waals surface area contributed by atoms with Crippen molar-refractivity contribution in [2.75, 3.05) is 33.9 Å². The van der Waals surface area contributed by atoms with E-state index in [-0.39, 0.29) is 30.9 Å². The molecule has 0 aliphatic rings. The van der Waals surface area contributed by atoms with Crippen LogP contribution in [-0.4, -0.2) is 56.5 Å². The molecule has 0 aliphatic carbocycles. The first-order valence-electron chi connectivity index (χ1n) is 7.82. The molecule has 0 unspecified atom stereocenters. The van der Waals surface area contributed by atoms with Crippen molar-refractivity contribution in [2.24, 2.45) is 0 Å². The van der Waals surface area contributed by atoms with Crippen LogP contribution in [0.5, 0.6) is 5.75 Å². The SMILES string of the molecule is CCCCOC(=O)c1ccc(OCC(=O)N(C)CC(=O)NC)cc1. The van der Waals surface area contributed by atoms with Crippen LogP contribution >= 0.6 is 0 Å². The number of nitrogens with one attached hydrogen (secondary N) is 1. The molecule has 0 aliphatic heterocycles. The van der Waals surface area contributed by atoms with E-state index in [0.717, 1.165) is 12.8 Å². The van der Waals surface area contributed by atoms with Gasteiger partial charge in [0.05, 0.1) is 18.7 Å². The fraction of sp³-hybridized carbons (Fsp3) is 0.471. The van der Waals surface area contributed by atoms with Crippen LogP contribution in [0.1, 0.15) is 30.1 Å². The summed E-state index contributed by atoms with van der Waals surface area (Å²) >= 11 is 0. The molecule has 24 heavy (non-hydrogen) atoms. The van der Waals surface area contributed by atoms with Gasteiger partial charge in [-0.1, -0.05) is 13.3 Å². The summed E-state index contributed by atoms with van der Waals surface area (Å²) < 4.78 is 10.5. The maximum absolute atomic E-state index is 11.8. The van der Waals surface area contributed by atoms with Gasteiger partial charge in [-0.25, -0.2) is 4.79 Å². The molecule has 0 heterocycles. The molecule has 1 rings (SSSR count). The van der Waals surface area contributed by atoms with Crippen LogP contribution in [0.25, 0.3) is 0 Å². The molecule has 7 heteroatoms. The number of nitrogens with zero attached hydrogens (tertiary/aromatic N) is 1. The van der Waals surface area contributed by atoms with Crippen molar-refractivity contribution in [3.63, 3.8) is 0 Å². The van der Waals surface area contributed by atoms with Crippen molar-refractivity contribution in [1.29, 1.82) is 0 Å². The van der Waals surface area contributed by atoms with E-state index in [0.29, 0.717) is 17.9 Å². The monoisotopic (exact) mass is 336 g/mol. The third-order valence-electron chi connectivity index (χ3n) is 3.27. The predicted octanol–water partition coefficient (Wildman–Crippen LogP) is 1.23. The summed E-state index contributed by atoms with van der Waals surface area (Å²) in [5, 5.41) is 2.44. The highest BCUT2D eigenvalue weighted by atomic mass is 16.5. The first-order valence-corrected chi connectivity index (χ1v) is 7.82. The zero-order valence-electron chi connectivity index (χ0n) is 14.3. The fourth-order valence-corrected chi connectivity index (χ4v) is 1.72. The van der Waals surface area contributed by atoms with E-state index < -0.39 is 0 Å². The predicted molar refractivity (Wildman–Crippen MR) is 88.8 cm³/mol. The molecule has 0 fully saturated rings. The quantitative estimate of drug-likeness (QED) is 0.541. The van der Waals surface area contributed by atoms with Crippen molar-refractivity contribution in [3.05, 3.63) is 29.8 Å². The normalized spacial score (nSPS) is 9.96. The Hall–Kier alpha value is -2.57. The van der Waals surface area contributed by atoms with Gasteiger partial charge in [0.2, 0.25) is 5.91 Å². The molecular weight excluding hydrogens is 312 g/mol. The second-order valence-corrected chi connectivity index (χ2v) is 5.23. The number of carbonyl (C=O) groups is 3. The Morgan fingerprint density at radius 1 is 1.17 bits per heavy atom. The Balaban J connectivity index is 2.45. The van der Waals surface area contributed by atoms with Gasteiger partial charge in [-0.15, -0.1) is 0 Å². The molecule has 1 aromatic carbocycles. The molecular formula is C17H24N2O5. The standard InChI is InChI=1S/C17H24N2O5/c1-4-5-10-23-17(22)13-6-8-14(9-7-13)24-12-16(21)19(3)11-15(20)18-2/h6-9H,4-5,10-12H2,1-3H3,(H,18,20). The number of carbonyl (C=O) groups excluding carboxylic acids is 3. The van der Waals surface area contributed by atoms with Gasteiger partial charge in [0.15, 0.2) is 6.61 Å². The number of amides is 2. The van der Waals surface area contributed by atoms with Gasteiger partial charge in [-0.3, -0.25) is 9.59 Å². The Kier molecular flexibility index (Phi) is 8.32. The van der Waals surface area contributed by atoms with Crippen LogP contribution in [0.2, 0.25) is 0 Å². The molecule has 1 aromatic rings. The lowest BCUT2D eigenvalue weighted by molar-refractivity contribution is -0.136. The van der Waals surface area contributed by atoms with E-state index in [2.05, 4.69) is 5.32 Å². The fourth-order valence-electron chi connectivity index (χ4n) is 1.72. The molecule has 0 spiro atoms. The summed E-state index contributed by atoms with van der Waals surface area (Å²) in [6.45, 7) is 2.21. The highest BCUT2D eigenvalue weighted by Crippen LogP contribution is 2.13. The van der Waals surface area contributed by atoms with Gasteiger partial charge in [0, 0.05) is 14.1 Å². The van der Waals surface area contributed by atoms with E-state index in [1.165, 1.54) is 19.0 Å². The van der Waals surface area contributed by atoms with E-state index >= 15 is 0 Å². The smallest absolute Gasteiger partial charge is 0.338 e. The number of rotatable bonds is 9. The first kappa shape index (κ1) is 19.5. The Morgan fingerprint density at radius 3 is 2.42 bits per heavy atom. The summed E-state index contributed by atoms with van der Waals surface area (Å²) in [4.78, 5) is 36.1. The zero-order chi connectivity index (χ0) is 17.9. The van der Waals surface area contributed by atoms with E-state index in [1.807, 2.05) is 6.92 Å². The molecule has 0 bridgehead atoms. The van der Waals surface area contributed by atoms with Crippen molar-refractivity contribution in [3.8, 4) is 5.75 Å². The number of hydrogen-bond donors (Lipinski definition) is 1. The maximum Gasteiger partial charge on any atom is 0.338 e. The average molecular weight is 336 g/mol. The van der Waals surface area contributed by atoms with Crippen molar-refractivity contribution >= 4 is 17.8 Å². The molecule has 132 valence electrons. The highest BCUT2D eigenvalue weighted by Gasteiger charge is 2.13. The van der Waals surface area contributed by atoms with E-state index in [9.17, 15) is 14.4 Å². The van der Waals surface area contributed by atoms with Crippen LogP contribution in [0.3, 0.4) is 0 Å². The lowest BCUT2D eigenvalue weighted by Crippen LogP contribution is -2.39. The molecule has 0 saturated carbocycles. The first-order chi connectivity index (χ1) is 11.5. The average Bonchev–Trinajstić information content (AvgIpc) is 2.59. The van der Waals surface area contributed by atoms with E-state index in [4.69, 9.17) is 9.47 Å². The molecule has 0 aromatic heterocycles. The highest BCUT2D eigenvalue weighted by molar-refractivity contribution is 5.89. The number of unbranched alkanes of at least 4 members (excludes halogenated alkanes) is 1.